The van der Waals surface area contributed by atoms with Crippen molar-refractivity contribution in [1.82, 2.24) is 9.97 Å². The molecule has 4 nitrogen and oxygen atoms in total. The van der Waals surface area contributed by atoms with Gasteiger partial charge in [0.05, 0.1) is 5.69 Å². The first-order chi connectivity index (χ1) is 12.3. The van der Waals surface area contributed by atoms with E-state index >= 15 is 0 Å². The fourth-order valence-electron chi connectivity index (χ4n) is 3.48. The topological polar surface area (TPSA) is 49.8 Å². The zero-order chi connectivity index (χ0) is 17.1. The van der Waals surface area contributed by atoms with Crippen molar-refractivity contribution in [3.8, 4) is 0 Å². The molecule has 2 N–H and O–H groups in total. The summed E-state index contributed by atoms with van der Waals surface area (Å²) < 4.78 is 1.10. The van der Waals surface area contributed by atoms with E-state index < -0.39 is 0 Å². The van der Waals surface area contributed by atoms with Crippen molar-refractivity contribution in [3.05, 3.63) is 46.1 Å². The van der Waals surface area contributed by atoms with E-state index in [1.54, 1.807) is 0 Å². The molecule has 0 atom stereocenters. The van der Waals surface area contributed by atoms with Gasteiger partial charge >= 0.3 is 0 Å². The number of nitrogens with zero attached hydrogens (tertiary/aromatic N) is 2. The van der Waals surface area contributed by atoms with Crippen LogP contribution in [0.1, 0.15) is 62.1 Å². The quantitative estimate of drug-likeness (QED) is 0.674. The number of halogens is 1. The van der Waals surface area contributed by atoms with Crippen molar-refractivity contribution in [1.29, 1.82) is 0 Å². The molecule has 2 aromatic rings. The predicted molar refractivity (Wildman–Crippen MR) is 106 cm³/mol. The number of rotatable bonds is 6. The fraction of sp³-hybridized carbons (Fsp3) is 0.500. The van der Waals surface area contributed by atoms with Crippen LogP contribution in [0.2, 0.25) is 0 Å². The summed E-state index contributed by atoms with van der Waals surface area (Å²) in [5.74, 6) is 2.35. The maximum Gasteiger partial charge on any atom is 0.225 e. The summed E-state index contributed by atoms with van der Waals surface area (Å²) in [6, 6.07) is 11.0. The molecule has 5 heteroatoms. The highest BCUT2D eigenvalue weighted by molar-refractivity contribution is 9.10. The summed E-state index contributed by atoms with van der Waals surface area (Å²) in [5.41, 5.74) is 2.42. The number of hydrogen-bond acceptors (Lipinski definition) is 4. The lowest BCUT2D eigenvalue weighted by Gasteiger charge is -2.23. The average molecular weight is 401 g/mol. The lowest BCUT2D eigenvalue weighted by molar-refractivity contribution is 0.460. The van der Waals surface area contributed by atoms with E-state index in [9.17, 15) is 0 Å². The molecule has 0 bridgehead atoms. The zero-order valence-corrected chi connectivity index (χ0v) is 16.1. The highest BCUT2D eigenvalue weighted by Gasteiger charge is 2.26. The molecule has 0 unspecified atom stereocenters. The Labute approximate surface area is 158 Å². The first kappa shape index (κ1) is 16.8. The molecule has 25 heavy (non-hydrogen) atoms. The molecule has 0 aliphatic heterocycles. The molecule has 2 aliphatic rings. The summed E-state index contributed by atoms with van der Waals surface area (Å²) in [7, 11) is 0. The molecular weight excluding hydrogens is 376 g/mol. The predicted octanol–water partition coefficient (Wildman–Crippen LogP) is 5.47. The Morgan fingerprint density at radius 2 is 1.84 bits per heavy atom. The van der Waals surface area contributed by atoms with Crippen molar-refractivity contribution in [2.24, 2.45) is 0 Å². The van der Waals surface area contributed by atoms with Crippen molar-refractivity contribution in [3.63, 3.8) is 0 Å². The Morgan fingerprint density at radius 3 is 2.60 bits per heavy atom. The minimum Gasteiger partial charge on any atom is -0.366 e. The number of anilines is 2. The Morgan fingerprint density at radius 1 is 1.00 bits per heavy atom. The molecule has 0 saturated heterocycles. The Balaban J connectivity index is 1.48. The van der Waals surface area contributed by atoms with Crippen LogP contribution in [-0.4, -0.2) is 16.0 Å². The third kappa shape index (κ3) is 4.72. The van der Waals surface area contributed by atoms with Gasteiger partial charge in [0.1, 0.15) is 5.82 Å². The van der Waals surface area contributed by atoms with Crippen molar-refractivity contribution in [2.75, 3.05) is 10.6 Å². The van der Waals surface area contributed by atoms with Crippen LogP contribution in [0.3, 0.4) is 0 Å². The Hall–Kier alpha value is -1.62. The standard InChI is InChI=1S/C20H25BrN4/c21-16-6-4-5-14(11-16)13-22-19-12-18(15-9-10-15)24-20(25-19)23-17-7-2-1-3-8-17/h4-6,11-12,15,17H,1-3,7-10,13H2,(H2,22,23,24,25). The zero-order valence-electron chi connectivity index (χ0n) is 14.5. The van der Waals surface area contributed by atoms with E-state index in [1.807, 2.05) is 6.07 Å². The van der Waals surface area contributed by atoms with Gasteiger partial charge < -0.3 is 10.6 Å². The van der Waals surface area contributed by atoms with Crippen LogP contribution >= 0.6 is 15.9 Å². The Kier molecular flexibility index (Phi) is 5.20. The molecule has 1 heterocycles. The maximum atomic E-state index is 4.79. The molecule has 1 aromatic heterocycles. The van der Waals surface area contributed by atoms with Crippen LogP contribution in [0.25, 0.3) is 0 Å². The van der Waals surface area contributed by atoms with Gasteiger partial charge in [0, 0.05) is 29.0 Å². The lowest BCUT2D eigenvalue weighted by Crippen LogP contribution is -2.24. The van der Waals surface area contributed by atoms with Gasteiger partial charge in [-0.25, -0.2) is 4.98 Å². The highest BCUT2D eigenvalue weighted by Crippen LogP contribution is 2.40. The van der Waals surface area contributed by atoms with Crippen LogP contribution in [0, 0.1) is 0 Å². The smallest absolute Gasteiger partial charge is 0.225 e. The van der Waals surface area contributed by atoms with Crippen LogP contribution in [0.5, 0.6) is 0 Å². The number of hydrogen-bond donors (Lipinski definition) is 2. The molecule has 2 saturated carbocycles. The van der Waals surface area contributed by atoms with Gasteiger partial charge in [0.2, 0.25) is 5.95 Å². The summed E-state index contributed by atoms with van der Waals surface area (Å²) in [4.78, 5) is 9.52. The van der Waals surface area contributed by atoms with Crippen LogP contribution < -0.4 is 10.6 Å². The lowest BCUT2D eigenvalue weighted by atomic mass is 9.96. The van der Waals surface area contributed by atoms with Crippen molar-refractivity contribution < 1.29 is 0 Å². The second-order valence-electron chi connectivity index (χ2n) is 7.24. The number of nitrogens with one attached hydrogen (secondary N) is 2. The van der Waals surface area contributed by atoms with Gasteiger partial charge in [-0.3, -0.25) is 0 Å². The minimum absolute atomic E-state index is 0.529. The van der Waals surface area contributed by atoms with Gasteiger partial charge in [-0.1, -0.05) is 47.3 Å². The normalized spacial score (nSPS) is 18.1. The molecule has 0 amide bonds. The largest absolute Gasteiger partial charge is 0.366 e. The molecule has 1 aromatic carbocycles. The number of benzene rings is 1. The molecule has 2 aliphatic carbocycles. The first-order valence-corrected chi connectivity index (χ1v) is 10.2. The van der Waals surface area contributed by atoms with Gasteiger partial charge in [-0.2, -0.15) is 4.98 Å². The molecule has 0 spiro atoms. The van der Waals surface area contributed by atoms with E-state index in [4.69, 9.17) is 9.97 Å². The summed E-state index contributed by atoms with van der Waals surface area (Å²) in [6.07, 6.45) is 8.97. The highest BCUT2D eigenvalue weighted by atomic mass is 79.9. The van der Waals surface area contributed by atoms with Gasteiger partial charge in [-0.05, 0) is 43.4 Å². The van der Waals surface area contributed by atoms with Crippen LogP contribution in [0.15, 0.2) is 34.8 Å². The summed E-state index contributed by atoms with van der Waals surface area (Å²) in [6.45, 7) is 0.767. The molecule has 4 rings (SSSR count). The summed E-state index contributed by atoms with van der Waals surface area (Å²) in [5, 5.41) is 7.06. The molecule has 132 valence electrons. The van der Waals surface area contributed by atoms with E-state index in [0.29, 0.717) is 12.0 Å². The molecule has 2 fully saturated rings. The SMILES string of the molecule is Brc1cccc(CNc2cc(C3CC3)nc(NC3CCCCC3)n2)c1. The van der Waals surface area contributed by atoms with Crippen LogP contribution in [-0.2, 0) is 6.54 Å². The van der Waals surface area contributed by atoms with E-state index in [1.165, 1.54) is 56.2 Å². The second kappa shape index (κ2) is 7.73. The third-order valence-corrected chi connectivity index (χ3v) is 5.54. The Bertz CT molecular complexity index is 723. The molecular formula is C20H25BrN4. The first-order valence-electron chi connectivity index (χ1n) is 9.40. The summed E-state index contributed by atoms with van der Waals surface area (Å²) >= 11 is 3.53. The number of aromatic nitrogens is 2. The third-order valence-electron chi connectivity index (χ3n) is 5.04. The van der Waals surface area contributed by atoms with Crippen molar-refractivity contribution in [2.45, 2.75) is 63.5 Å². The van der Waals surface area contributed by atoms with E-state index in [2.05, 4.69) is 50.8 Å². The maximum absolute atomic E-state index is 4.79. The fourth-order valence-corrected chi connectivity index (χ4v) is 3.93. The average Bonchev–Trinajstić information content (AvgIpc) is 3.46. The minimum atomic E-state index is 0.529. The van der Waals surface area contributed by atoms with E-state index in [0.717, 1.165) is 22.8 Å². The van der Waals surface area contributed by atoms with Gasteiger partial charge in [0.25, 0.3) is 0 Å². The molecule has 0 radical (unpaired) electrons. The second-order valence-corrected chi connectivity index (χ2v) is 8.15. The van der Waals surface area contributed by atoms with Crippen molar-refractivity contribution >= 4 is 27.7 Å². The van der Waals surface area contributed by atoms with E-state index in [-0.39, 0.29) is 0 Å². The van der Waals surface area contributed by atoms with Gasteiger partial charge in [0.15, 0.2) is 0 Å². The monoisotopic (exact) mass is 400 g/mol. The van der Waals surface area contributed by atoms with Gasteiger partial charge in [-0.15, -0.1) is 0 Å². The van der Waals surface area contributed by atoms with Crippen LogP contribution in [0.4, 0.5) is 11.8 Å².